The number of carbonyl (C=O) groups excluding carboxylic acids is 2. The number of esters is 1. The minimum Gasteiger partial charge on any atom is -0.468 e. The van der Waals surface area contributed by atoms with Gasteiger partial charge in [-0.1, -0.05) is 53.3 Å². The number of ether oxygens (including phenoxy) is 1. The van der Waals surface area contributed by atoms with Crippen LogP contribution < -0.4 is 4.80 Å². The van der Waals surface area contributed by atoms with E-state index in [1.54, 1.807) is 4.57 Å². The quantitative estimate of drug-likeness (QED) is 0.462. The Hall–Kier alpha value is -2.48. The van der Waals surface area contributed by atoms with E-state index in [0.29, 0.717) is 14.7 Å². The van der Waals surface area contributed by atoms with Gasteiger partial charge in [-0.2, -0.15) is 4.99 Å². The van der Waals surface area contributed by atoms with Crippen molar-refractivity contribution in [3.63, 3.8) is 0 Å². The highest BCUT2D eigenvalue weighted by atomic mass is 35.5. The standard InChI is InChI=1S/C19H13ClN2O3S2/c1-25-15(23)10-22-12-7-3-5-9-14(12)27-19(22)21-18(24)17-16(20)11-6-2-4-8-13(11)26-17/h2-9H,10H2,1H3. The van der Waals surface area contributed by atoms with Gasteiger partial charge >= 0.3 is 5.97 Å². The molecule has 4 rings (SSSR count). The van der Waals surface area contributed by atoms with E-state index in [9.17, 15) is 9.59 Å². The fourth-order valence-corrected chi connectivity index (χ4v) is 5.17. The van der Waals surface area contributed by atoms with Gasteiger partial charge in [-0.15, -0.1) is 11.3 Å². The van der Waals surface area contributed by atoms with Gasteiger partial charge in [0.1, 0.15) is 11.4 Å². The topological polar surface area (TPSA) is 60.7 Å². The van der Waals surface area contributed by atoms with Crippen molar-refractivity contribution < 1.29 is 14.3 Å². The molecular weight excluding hydrogens is 404 g/mol. The summed E-state index contributed by atoms with van der Waals surface area (Å²) < 4.78 is 8.32. The molecular formula is C19H13ClN2O3S2. The first kappa shape index (κ1) is 17.9. The molecule has 0 aliphatic carbocycles. The number of amides is 1. The van der Waals surface area contributed by atoms with E-state index in [1.165, 1.54) is 29.8 Å². The zero-order valence-electron chi connectivity index (χ0n) is 14.1. The first-order valence-corrected chi connectivity index (χ1v) is 10.0. The van der Waals surface area contributed by atoms with Gasteiger partial charge in [0.25, 0.3) is 5.91 Å². The average Bonchev–Trinajstić information content (AvgIpc) is 3.20. The Morgan fingerprint density at radius 2 is 1.78 bits per heavy atom. The fourth-order valence-electron chi connectivity index (χ4n) is 2.74. The van der Waals surface area contributed by atoms with Gasteiger partial charge in [-0.3, -0.25) is 9.59 Å². The van der Waals surface area contributed by atoms with Gasteiger partial charge in [0.15, 0.2) is 4.80 Å². The lowest BCUT2D eigenvalue weighted by Crippen LogP contribution is -2.22. The van der Waals surface area contributed by atoms with Gasteiger partial charge < -0.3 is 9.30 Å². The third kappa shape index (κ3) is 3.29. The van der Waals surface area contributed by atoms with Crippen LogP contribution in [0, 0.1) is 0 Å². The maximum absolute atomic E-state index is 12.8. The number of nitrogens with zero attached hydrogens (tertiary/aromatic N) is 2. The van der Waals surface area contributed by atoms with Crippen LogP contribution in [0.5, 0.6) is 0 Å². The van der Waals surface area contributed by atoms with Crippen molar-refractivity contribution in [3.8, 4) is 0 Å². The number of hydrogen-bond acceptors (Lipinski definition) is 5. The van der Waals surface area contributed by atoms with Crippen LogP contribution in [0.1, 0.15) is 9.67 Å². The minimum absolute atomic E-state index is 0.0211. The van der Waals surface area contributed by atoms with Crippen LogP contribution in [-0.2, 0) is 16.1 Å². The Bertz CT molecular complexity index is 1250. The number of rotatable bonds is 3. The molecule has 0 atom stereocenters. The van der Waals surface area contributed by atoms with E-state index in [4.69, 9.17) is 16.3 Å². The molecule has 0 aliphatic heterocycles. The van der Waals surface area contributed by atoms with Crippen LogP contribution in [0.4, 0.5) is 0 Å². The van der Waals surface area contributed by atoms with E-state index in [0.717, 1.165) is 20.3 Å². The molecule has 2 heterocycles. The number of thiophene rings is 1. The molecule has 4 aromatic rings. The summed E-state index contributed by atoms with van der Waals surface area (Å²) in [7, 11) is 1.33. The van der Waals surface area contributed by atoms with Crippen LogP contribution in [0.25, 0.3) is 20.3 Å². The molecule has 0 bridgehead atoms. The summed E-state index contributed by atoms with van der Waals surface area (Å²) in [5, 5.41) is 1.24. The molecule has 0 fully saturated rings. The van der Waals surface area contributed by atoms with Gasteiger partial charge in [0.2, 0.25) is 0 Å². The average molecular weight is 417 g/mol. The van der Waals surface area contributed by atoms with E-state index in [1.807, 2.05) is 48.5 Å². The zero-order valence-corrected chi connectivity index (χ0v) is 16.5. The van der Waals surface area contributed by atoms with E-state index in [2.05, 4.69) is 4.99 Å². The second kappa shape index (κ2) is 7.26. The van der Waals surface area contributed by atoms with Crippen molar-refractivity contribution in [2.24, 2.45) is 4.99 Å². The van der Waals surface area contributed by atoms with Crippen LogP contribution in [0.2, 0.25) is 5.02 Å². The number of para-hydroxylation sites is 1. The zero-order chi connectivity index (χ0) is 19.0. The lowest BCUT2D eigenvalue weighted by Gasteiger charge is -2.03. The molecule has 0 N–H and O–H groups in total. The second-order valence-electron chi connectivity index (χ2n) is 5.67. The maximum atomic E-state index is 12.8. The van der Waals surface area contributed by atoms with E-state index in [-0.39, 0.29) is 6.54 Å². The van der Waals surface area contributed by atoms with Gasteiger partial charge in [-0.05, 0) is 18.2 Å². The number of fused-ring (bicyclic) bond motifs is 2. The van der Waals surface area contributed by atoms with Gasteiger partial charge in [-0.25, -0.2) is 0 Å². The molecule has 0 saturated heterocycles. The molecule has 0 aliphatic rings. The molecule has 1 amide bonds. The predicted octanol–water partition coefficient (Wildman–Crippen LogP) is 4.49. The minimum atomic E-state index is -0.425. The number of methoxy groups -OCH3 is 1. The Morgan fingerprint density at radius 3 is 2.52 bits per heavy atom. The predicted molar refractivity (Wildman–Crippen MR) is 109 cm³/mol. The molecule has 5 nitrogen and oxygen atoms in total. The van der Waals surface area contributed by atoms with Crippen LogP contribution in [-0.4, -0.2) is 23.6 Å². The Balaban J connectivity index is 1.86. The fraction of sp³-hybridized carbons (Fsp3) is 0.105. The van der Waals surface area contributed by atoms with Crippen molar-refractivity contribution in [1.82, 2.24) is 4.57 Å². The lowest BCUT2D eigenvalue weighted by atomic mass is 10.2. The molecule has 0 spiro atoms. The monoisotopic (exact) mass is 416 g/mol. The lowest BCUT2D eigenvalue weighted by molar-refractivity contribution is -0.141. The molecule has 2 aromatic heterocycles. The first-order valence-electron chi connectivity index (χ1n) is 8.00. The third-order valence-corrected chi connectivity index (χ3v) is 6.75. The number of hydrogen-bond donors (Lipinski definition) is 0. The van der Waals surface area contributed by atoms with Crippen LogP contribution >= 0.6 is 34.3 Å². The third-order valence-electron chi connectivity index (χ3n) is 4.03. The van der Waals surface area contributed by atoms with Crippen LogP contribution in [0.3, 0.4) is 0 Å². The first-order chi connectivity index (χ1) is 13.1. The van der Waals surface area contributed by atoms with Crippen molar-refractivity contribution in [1.29, 1.82) is 0 Å². The highest BCUT2D eigenvalue weighted by molar-refractivity contribution is 7.21. The number of carbonyl (C=O) groups is 2. The Kier molecular flexibility index (Phi) is 4.82. The largest absolute Gasteiger partial charge is 0.468 e. The Morgan fingerprint density at radius 1 is 1.07 bits per heavy atom. The van der Waals surface area contributed by atoms with Gasteiger partial charge in [0.05, 0.1) is 22.3 Å². The van der Waals surface area contributed by atoms with Gasteiger partial charge in [0, 0.05) is 10.1 Å². The second-order valence-corrected chi connectivity index (χ2v) is 8.11. The molecule has 0 radical (unpaired) electrons. The number of aromatic nitrogens is 1. The summed E-state index contributed by atoms with van der Waals surface area (Å²) in [5.41, 5.74) is 0.821. The molecule has 2 aromatic carbocycles. The highest BCUT2D eigenvalue weighted by Crippen LogP contribution is 2.35. The molecule has 0 saturated carbocycles. The van der Waals surface area contributed by atoms with Crippen molar-refractivity contribution >= 4 is 66.5 Å². The van der Waals surface area contributed by atoms with Crippen molar-refractivity contribution in [2.75, 3.05) is 7.11 Å². The highest BCUT2D eigenvalue weighted by Gasteiger charge is 2.18. The summed E-state index contributed by atoms with van der Waals surface area (Å²) in [6.07, 6.45) is 0. The van der Waals surface area contributed by atoms with Crippen molar-refractivity contribution in [2.45, 2.75) is 6.54 Å². The van der Waals surface area contributed by atoms with Crippen molar-refractivity contribution in [3.05, 3.63) is 63.2 Å². The summed E-state index contributed by atoms with van der Waals surface area (Å²) in [6, 6.07) is 15.1. The summed E-state index contributed by atoms with van der Waals surface area (Å²) in [4.78, 5) is 29.7. The summed E-state index contributed by atoms with van der Waals surface area (Å²) in [6.45, 7) is -0.0211. The smallest absolute Gasteiger partial charge is 0.325 e. The molecule has 8 heteroatoms. The Labute approximate surface area is 167 Å². The molecule has 0 unspecified atom stereocenters. The molecule has 27 heavy (non-hydrogen) atoms. The maximum Gasteiger partial charge on any atom is 0.325 e. The number of halogens is 1. The number of thiazole rings is 1. The molecule has 136 valence electrons. The van der Waals surface area contributed by atoms with E-state index < -0.39 is 11.9 Å². The van der Waals surface area contributed by atoms with E-state index >= 15 is 0 Å². The number of benzene rings is 2. The summed E-state index contributed by atoms with van der Waals surface area (Å²) in [5.74, 6) is -0.835. The van der Waals surface area contributed by atoms with Crippen LogP contribution in [0.15, 0.2) is 53.5 Å². The summed E-state index contributed by atoms with van der Waals surface area (Å²) >= 11 is 9.05. The SMILES string of the molecule is COC(=O)Cn1c(=NC(=O)c2sc3ccccc3c2Cl)sc2ccccc21. The normalized spacial score (nSPS) is 12.0.